The van der Waals surface area contributed by atoms with E-state index in [0.29, 0.717) is 0 Å². The number of ether oxygens (including phenoxy) is 1. The van der Waals surface area contributed by atoms with Crippen molar-refractivity contribution < 1.29 is 9.84 Å². The zero-order chi connectivity index (χ0) is 13.9. The standard InChI is InChI=1S/C16H25BrO2/c1-2-3-4-5-6-7-8-11-19-15-9-10-16(17)14(12-15)13-18/h9-10,12,18H,2-8,11,13H2,1H3. The van der Waals surface area contributed by atoms with Gasteiger partial charge >= 0.3 is 0 Å². The number of halogens is 1. The van der Waals surface area contributed by atoms with Crippen LogP contribution in [0.2, 0.25) is 0 Å². The summed E-state index contributed by atoms with van der Waals surface area (Å²) in [5, 5.41) is 9.17. The Labute approximate surface area is 125 Å². The number of rotatable bonds is 10. The first-order valence-electron chi connectivity index (χ1n) is 7.30. The first-order chi connectivity index (χ1) is 9.27. The van der Waals surface area contributed by atoms with Gasteiger partial charge in [0.25, 0.3) is 0 Å². The van der Waals surface area contributed by atoms with Crippen molar-refractivity contribution in [3.05, 3.63) is 28.2 Å². The summed E-state index contributed by atoms with van der Waals surface area (Å²) in [7, 11) is 0. The summed E-state index contributed by atoms with van der Waals surface area (Å²) in [4.78, 5) is 0. The second kappa shape index (κ2) is 10.3. The lowest BCUT2D eigenvalue weighted by molar-refractivity contribution is 0.277. The minimum Gasteiger partial charge on any atom is -0.494 e. The number of hydrogen-bond donors (Lipinski definition) is 1. The third-order valence-corrected chi connectivity index (χ3v) is 3.98. The summed E-state index contributed by atoms with van der Waals surface area (Å²) in [6.45, 7) is 3.04. The van der Waals surface area contributed by atoms with E-state index in [1.165, 1.54) is 38.5 Å². The summed E-state index contributed by atoms with van der Waals surface area (Å²) < 4.78 is 6.63. The minimum absolute atomic E-state index is 0.0369. The largest absolute Gasteiger partial charge is 0.494 e. The van der Waals surface area contributed by atoms with Gasteiger partial charge in [0, 0.05) is 4.47 Å². The highest BCUT2D eigenvalue weighted by molar-refractivity contribution is 9.10. The van der Waals surface area contributed by atoms with Crippen molar-refractivity contribution in [2.45, 2.75) is 58.5 Å². The SMILES string of the molecule is CCCCCCCCCOc1ccc(Br)c(CO)c1. The van der Waals surface area contributed by atoms with Gasteiger partial charge in [-0.05, 0) is 30.2 Å². The third kappa shape index (κ3) is 6.98. The fraction of sp³-hybridized carbons (Fsp3) is 0.625. The van der Waals surface area contributed by atoms with Gasteiger partial charge in [0.2, 0.25) is 0 Å². The van der Waals surface area contributed by atoms with E-state index in [4.69, 9.17) is 9.84 Å². The third-order valence-electron chi connectivity index (χ3n) is 3.20. The summed E-state index contributed by atoms with van der Waals surface area (Å²) in [6, 6.07) is 5.75. The molecule has 3 heteroatoms. The van der Waals surface area contributed by atoms with Crippen LogP contribution in [0.3, 0.4) is 0 Å². The predicted molar refractivity (Wildman–Crippen MR) is 83.6 cm³/mol. The molecule has 1 aromatic rings. The van der Waals surface area contributed by atoms with E-state index in [2.05, 4.69) is 22.9 Å². The molecule has 0 fully saturated rings. The zero-order valence-electron chi connectivity index (χ0n) is 11.8. The smallest absolute Gasteiger partial charge is 0.119 e. The van der Waals surface area contributed by atoms with E-state index < -0.39 is 0 Å². The molecule has 0 amide bonds. The molecular weight excluding hydrogens is 304 g/mol. The second-order valence-electron chi connectivity index (χ2n) is 4.88. The Morgan fingerprint density at radius 1 is 1.05 bits per heavy atom. The van der Waals surface area contributed by atoms with E-state index in [-0.39, 0.29) is 6.61 Å². The monoisotopic (exact) mass is 328 g/mol. The lowest BCUT2D eigenvalue weighted by atomic mass is 10.1. The maximum absolute atomic E-state index is 9.17. The molecule has 1 rings (SSSR count). The van der Waals surface area contributed by atoms with Crippen LogP contribution in [0.25, 0.3) is 0 Å². The molecule has 0 radical (unpaired) electrons. The Balaban J connectivity index is 2.12. The molecule has 0 spiro atoms. The fourth-order valence-corrected chi connectivity index (χ4v) is 2.38. The molecule has 0 unspecified atom stereocenters. The second-order valence-corrected chi connectivity index (χ2v) is 5.74. The Hall–Kier alpha value is -0.540. The zero-order valence-corrected chi connectivity index (χ0v) is 13.4. The topological polar surface area (TPSA) is 29.5 Å². The maximum Gasteiger partial charge on any atom is 0.119 e. The Morgan fingerprint density at radius 2 is 1.74 bits per heavy atom. The molecule has 0 heterocycles. The fourth-order valence-electron chi connectivity index (χ4n) is 2.01. The summed E-state index contributed by atoms with van der Waals surface area (Å²) in [5.41, 5.74) is 0.872. The van der Waals surface area contributed by atoms with Gasteiger partial charge in [-0.15, -0.1) is 0 Å². The van der Waals surface area contributed by atoms with Crippen LogP contribution in [0.4, 0.5) is 0 Å². The minimum atomic E-state index is 0.0369. The van der Waals surface area contributed by atoms with E-state index >= 15 is 0 Å². The Bertz CT molecular complexity index is 353. The maximum atomic E-state index is 9.17. The summed E-state index contributed by atoms with van der Waals surface area (Å²) >= 11 is 3.40. The highest BCUT2D eigenvalue weighted by Crippen LogP contribution is 2.22. The summed E-state index contributed by atoms with van der Waals surface area (Å²) in [5.74, 6) is 0.846. The van der Waals surface area contributed by atoms with E-state index in [9.17, 15) is 0 Å². The summed E-state index contributed by atoms with van der Waals surface area (Å²) in [6.07, 6.45) is 9.04. The van der Waals surface area contributed by atoms with Gasteiger partial charge < -0.3 is 9.84 Å². The first-order valence-corrected chi connectivity index (χ1v) is 8.09. The van der Waals surface area contributed by atoms with Crippen molar-refractivity contribution in [2.24, 2.45) is 0 Å². The van der Waals surface area contributed by atoms with Crippen LogP contribution in [0, 0.1) is 0 Å². The van der Waals surface area contributed by atoms with Gasteiger partial charge in [0.05, 0.1) is 13.2 Å². The number of aliphatic hydroxyl groups excluding tert-OH is 1. The van der Waals surface area contributed by atoms with Crippen molar-refractivity contribution in [2.75, 3.05) is 6.61 Å². The lowest BCUT2D eigenvalue weighted by Crippen LogP contribution is -1.98. The van der Waals surface area contributed by atoms with Crippen molar-refractivity contribution in [3.8, 4) is 5.75 Å². The molecule has 0 aliphatic rings. The van der Waals surface area contributed by atoms with Crippen molar-refractivity contribution in [1.82, 2.24) is 0 Å². The van der Waals surface area contributed by atoms with Crippen LogP contribution in [-0.2, 0) is 6.61 Å². The highest BCUT2D eigenvalue weighted by atomic mass is 79.9. The molecular formula is C16H25BrO2. The molecule has 1 N–H and O–H groups in total. The number of unbranched alkanes of at least 4 members (excludes halogenated alkanes) is 6. The van der Waals surface area contributed by atoms with Crippen molar-refractivity contribution in [3.63, 3.8) is 0 Å². The Kier molecular flexibility index (Phi) is 8.93. The van der Waals surface area contributed by atoms with Gasteiger partial charge in [0.1, 0.15) is 5.75 Å². The highest BCUT2D eigenvalue weighted by Gasteiger charge is 2.01. The van der Waals surface area contributed by atoms with Crippen LogP contribution in [-0.4, -0.2) is 11.7 Å². The molecule has 0 saturated carbocycles. The molecule has 0 aromatic heterocycles. The quantitative estimate of drug-likeness (QED) is 0.607. The van der Waals surface area contributed by atoms with Crippen LogP contribution < -0.4 is 4.74 Å². The van der Waals surface area contributed by atoms with E-state index in [0.717, 1.165) is 28.8 Å². The van der Waals surface area contributed by atoms with E-state index in [1.54, 1.807) is 0 Å². The van der Waals surface area contributed by atoms with Crippen molar-refractivity contribution >= 4 is 15.9 Å². The predicted octanol–water partition coefficient (Wildman–Crippen LogP) is 5.07. The van der Waals surface area contributed by atoms with Crippen LogP contribution in [0.15, 0.2) is 22.7 Å². The van der Waals surface area contributed by atoms with Crippen LogP contribution in [0.5, 0.6) is 5.75 Å². The molecule has 2 nitrogen and oxygen atoms in total. The first kappa shape index (κ1) is 16.5. The number of aliphatic hydroxyl groups is 1. The van der Waals surface area contributed by atoms with Gasteiger partial charge in [-0.3, -0.25) is 0 Å². The van der Waals surface area contributed by atoms with Gasteiger partial charge in [-0.1, -0.05) is 61.4 Å². The Morgan fingerprint density at radius 3 is 2.42 bits per heavy atom. The van der Waals surface area contributed by atoms with Gasteiger partial charge in [-0.2, -0.15) is 0 Å². The van der Waals surface area contributed by atoms with Crippen LogP contribution in [0.1, 0.15) is 57.4 Å². The van der Waals surface area contributed by atoms with Gasteiger partial charge in [0.15, 0.2) is 0 Å². The molecule has 19 heavy (non-hydrogen) atoms. The average Bonchev–Trinajstić information content (AvgIpc) is 2.43. The van der Waals surface area contributed by atoms with E-state index in [1.807, 2.05) is 18.2 Å². The van der Waals surface area contributed by atoms with Crippen LogP contribution >= 0.6 is 15.9 Å². The normalized spacial score (nSPS) is 10.7. The molecule has 0 aliphatic carbocycles. The van der Waals surface area contributed by atoms with Crippen molar-refractivity contribution in [1.29, 1.82) is 0 Å². The molecule has 0 atom stereocenters. The molecule has 0 aliphatic heterocycles. The number of benzene rings is 1. The molecule has 108 valence electrons. The lowest BCUT2D eigenvalue weighted by Gasteiger charge is -2.08. The molecule has 0 saturated heterocycles. The number of hydrogen-bond acceptors (Lipinski definition) is 2. The average molecular weight is 329 g/mol. The van der Waals surface area contributed by atoms with Gasteiger partial charge in [-0.25, -0.2) is 0 Å². The molecule has 0 bridgehead atoms. The molecule has 1 aromatic carbocycles.